The lowest BCUT2D eigenvalue weighted by atomic mass is 9.95. The number of nitrogens with one attached hydrogen (secondary N) is 2. The van der Waals surface area contributed by atoms with Crippen LogP contribution in [-0.2, 0) is 25.7 Å². The number of hydrogen-bond donors (Lipinski definition) is 2. The van der Waals surface area contributed by atoms with Gasteiger partial charge in [-0.3, -0.25) is 19.2 Å². The molecule has 1 heterocycles. The number of amides is 4. The molecule has 9 heteroatoms. The minimum Gasteiger partial charge on any atom is -0.352 e. The molecule has 0 radical (unpaired) electrons. The van der Waals surface area contributed by atoms with Crippen LogP contribution in [0.2, 0.25) is 5.02 Å². The first-order chi connectivity index (χ1) is 17.4. The number of hydrogen-bond acceptors (Lipinski definition) is 4. The Kier molecular flexibility index (Phi) is 8.59. The average Bonchev–Trinajstić information content (AvgIpc) is 2.88. The summed E-state index contributed by atoms with van der Waals surface area (Å²) in [6.45, 7) is -0.0411. The van der Waals surface area contributed by atoms with Crippen molar-refractivity contribution < 1.29 is 19.2 Å². The van der Waals surface area contributed by atoms with Crippen LogP contribution in [0.1, 0.15) is 50.5 Å². The molecule has 1 aliphatic heterocycles. The van der Waals surface area contributed by atoms with E-state index in [1.165, 1.54) is 16.2 Å². The van der Waals surface area contributed by atoms with E-state index < -0.39 is 0 Å². The third kappa shape index (κ3) is 6.63. The number of para-hydroxylation sites is 2. The van der Waals surface area contributed by atoms with E-state index in [-0.39, 0.29) is 62.1 Å². The first kappa shape index (κ1) is 25.7. The van der Waals surface area contributed by atoms with Gasteiger partial charge in [0.25, 0.3) is 0 Å². The fourth-order valence-corrected chi connectivity index (χ4v) is 4.92. The molecular weight excluding hydrogens is 480 g/mol. The van der Waals surface area contributed by atoms with E-state index in [2.05, 4.69) is 10.6 Å². The maximum absolute atomic E-state index is 13.2. The third-order valence-corrected chi connectivity index (χ3v) is 6.97. The molecule has 2 aliphatic rings. The molecule has 36 heavy (non-hydrogen) atoms. The second kappa shape index (κ2) is 12.0. The van der Waals surface area contributed by atoms with E-state index in [1.54, 1.807) is 36.4 Å². The van der Waals surface area contributed by atoms with Crippen LogP contribution in [0.5, 0.6) is 0 Å². The molecule has 0 saturated heterocycles. The molecule has 4 amide bonds. The molecule has 190 valence electrons. The Morgan fingerprint density at radius 2 is 1.72 bits per heavy atom. The molecule has 1 fully saturated rings. The van der Waals surface area contributed by atoms with Gasteiger partial charge in [0, 0.05) is 30.5 Å². The van der Waals surface area contributed by atoms with Crippen molar-refractivity contribution in [3.8, 4) is 0 Å². The van der Waals surface area contributed by atoms with Gasteiger partial charge in [0.1, 0.15) is 6.54 Å². The number of nitrogens with zero attached hydrogens (tertiary/aromatic N) is 2. The van der Waals surface area contributed by atoms with Gasteiger partial charge in [0.2, 0.25) is 23.6 Å². The average molecular weight is 511 g/mol. The molecule has 4 rings (SSSR count). The number of carbonyl (C=O) groups excluding carboxylic acids is 4. The molecule has 8 nitrogen and oxygen atoms in total. The van der Waals surface area contributed by atoms with Crippen LogP contribution >= 0.6 is 11.6 Å². The Labute approximate surface area is 216 Å². The number of rotatable bonds is 8. The highest BCUT2D eigenvalue weighted by molar-refractivity contribution is 6.31. The number of halogens is 1. The summed E-state index contributed by atoms with van der Waals surface area (Å²) in [7, 11) is 0. The summed E-state index contributed by atoms with van der Waals surface area (Å²) in [5, 5.41) is 6.31. The summed E-state index contributed by atoms with van der Waals surface area (Å²) >= 11 is 6.32. The lowest BCUT2D eigenvalue weighted by molar-refractivity contribution is -0.137. The molecule has 0 atom stereocenters. The smallest absolute Gasteiger partial charge is 0.244 e. The molecule has 2 aromatic carbocycles. The molecule has 1 aliphatic carbocycles. The zero-order valence-electron chi connectivity index (χ0n) is 20.2. The fraction of sp³-hybridized carbons (Fsp3) is 0.407. The first-order valence-corrected chi connectivity index (χ1v) is 12.8. The monoisotopic (exact) mass is 510 g/mol. The second-order valence-corrected chi connectivity index (χ2v) is 9.70. The van der Waals surface area contributed by atoms with E-state index in [0.29, 0.717) is 16.4 Å². The van der Waals surface area contributed by atoms with Gasteiger partial charge in [-0.2, -0.15) is 0 Å². The lowest BCUT2D eigenvalue weighted by Crippen LogP contribution is -2.45. The van der Waals surface area contributed by atoms with Gasteiger partial charge in [-0.25, -0.2) is 0 Å². The SMILES string of the molecule is O=C1CN(C(=O)CCC(=O)N(CC(=O)NC2CCCCC2)Cc2ccccc2Cl)c2ccccc2N1. The van der Waals surface area contributed by atoms with Crippen molar-refractivity contribution in [1.82, 2.24) is 10.2 Å². The highest BCUT2D eigenvalue weighted by Crippen LogP contribution is 2.29. The molecule has 0 aromatic heterocycles. The van der Waals surface area contributed by atoms with Gasteiger partial charge >= 0.3 is 0 Å². The van der Waals surface area contributed by atoms with Crippen molar-refractivity contribution in [2.75, 3.05) is 23.3 Å². The van der Waals surface area contributed by atoms with E-state index in [1.807, 2.05) is 12.1 Å². The van der Waals surface area contributed by atoms with Crippen LogP contribution in [0.15, 0.2) is 48.5 Å². The van der Waals surface area contributed by atoms with Gasteiger partial charge in [-0.05, 0) is 36.6 Å². The summed E-state index contributed by atoms with van der Waals surface area (Å²) in [5.41, 5.74) is 1.90. The van der Waals surface area contributed by atoms with E-state index >= 15 is 0 Å². The van der Waals surface area contributed by atoms with Crippen molar-refractivity contribution in [2.45, 2.75) is 57.5 Å². The molecule has 0 bridgehead atoms. The number of anilines is 2. The Hall–Kier alpha value is -3.39. The largest absolute Gasteiger partial charge is 0.352 e. The highest BCUT2D eigenvalue weighted by Gasteiger charge is 2.28. The molecule has 1 saturated carbocycles. The summed E-state index contributed by atoms with van der Waals surface area (Å²) in [6, 6.07) is 14.4. The van der Waals surface area contributed by atoms with Gasteiger partial charge in [-0.15, -0.1) is 0 Å². The van der Waals surface area contributed by atoms with Gasteiger partial charge < -0.3 is 20.4 Å². The fourth-order valence-electron chi connectivity index (χ4n) is 4.72. The lowest BCUT2D eigenvalue weighted by Gasteiger charge is -2.29. The first-order valence-electron chi connectivity index (χ1n) is 12.4. The Balaban J connectivity index is 1.42. The predicted octanol–water partition coefficient (Wildman–Crippen LogP) is 3.88. The van der Waals surface area contributed by atoms with Crippen molar-refractivity contribution in [3.05, 3.63) is 59.1 Å². The van der Waals surface area contributed by atoms with E-state index in [0.717, 1.165) is 31.2 Å². The maximum atomic E-state index is 13.2. The molecule has 0 unspecified atom stereocenters. The normalized spacial score (nSPS) is 15.6. The predicted molar refractivity (Wildman–Crippen MR) is 139 cm³/mol. The standard InChI is InChI=1S/C27H31ClN4O4/c28-21-11-5-4-8-19(21)16-31(17-24(33)29-20-9-2-1-3-10-20)26(35)14-15-27(36)32-18-25(34)30-22-12-6-7-13-23(22)32/h4-8,11-13,20H,1-3,9-10,14-18H2,(H,29,33)(H,30,34). The second-order valence-electron chi connectivity index (χ2n) is 9.29. The van der Waals surface area contributed by atoms with Gasteiger partial charge in [-0.1, -0.05) is 61.2 Å². The minimum absolute atomic E-state index is 0.0796. The summed E-state index contributed by atoms with van der Waals surface area (Å²) < 4.78 is 0. The molecule has 2 N–H and O–H groups in total. The molecule has 0 spiro atoms. The van der Waals surface area contributed by atoms with Crippen molar-refractivity contribution in [1.29, 1.82) is 0 Å². The van der Waals surface area contributed by atoms with Crippen LogP contribution in [0.25, 0.3) is 0 Å². The van der Waals surface area contributed by atoms with Gasteiger partial charge in [0.05, 0.1) is 17.9 Å². The highest BCUT2D eigenvalue weighted by atomic mass is 35.5. The quantitative estimate of drug-likeness (QED) is 0.563. The van der Waals surface area contributed by atoms with Crippen LogP contribution in [-0.4, -0.2) is 47.7 Å². The van der Waals surface area contributed by atoms with Crippen LogP contribution in [0.3, 0.4) is 0 Å². The zero-order chi connectivity index (χ0) is 25.5. The molecular formula is C27H31ClN4O4. The number of fused-ring (bicyclic) bond motifs is 1. The Bertz CT molecular complexity index is 1130. The summed E-state index contributed by atoms with van der Waals surface area (Å²) in [6.07, 6.45) is 5.10. The van der Waals surface area contributed by atoms with E-state index in [4.69, 9.17) is 11.6 Å². The van der Waals surface area contributed by atoms with Gasteiger partial charge in [0.15, 0.2) is 0 Å². The maximum Gasteiger partial charge on any atom is 0.244 e. The molecule has 2 aromatic rings. The Morgan fingerprint density at radius 3 is 2.50 bits per heavy atom. The van der Waals surface area contributed by atoms with Crippen molar-refractivity contribution >= 4 is 46.6 Å². The number of carbonyl (C=O) groups is 4. The van der Waals surface area contributed by atoms with Crippen LogP contribution < -0.4 is 15.5 Å². The van der Waals surface area contributed by atoms with Crippen molar-refractivity contribution in [2.24, 2.45) is 0 Å². The Morgan fingerprint density at radius 1 is 1.00 bits per heavy atom. The number of benzene rings is 2. The third-order valence-electron chi connectivity index (χ3n) is 6.60. The van der Waals surface area contributed by atoms with Crippen LogP contribution in [0.4, 0.5) is 11.4 Å². The zero-order valence-corrected chi connectivity index (χ0v) is 20.9. The summed E-state index contributed by atoms with van der Waals surface area (Å²) in [5.74, 6) is -1.14. The van der Waals surface area contributed by atoms with Crippen molar-refractivity contribution in [3.63, 3.8) is 0 Å². The minimum atomic E-state index is -0.324. The van der Waals surface area contributed by atoms with E-state index in [9.17, 15) is 19.2 Å². The summed E-state index contributed by atoms with van der Waals surface area (Å²) in [4.78, 5) is 54.0. The topological polar surface area (TPSA) is 98.8 Å². The van der Waals surface area contributed by atoms with Crippen LogP contribution in [0, 0.1) is 0 Å².